The number of halogens is 1. The summed E-state index contributed by atoms with van der Waals surface area (Å²) in [7, 11) is 0. The third-order valence-electron chi connectivity index (χ3n) is 3.56. The number of hydrazine groups is 1. The first-order valence-corrected chi connectivity index (χ1v) is 6.84. The molecular formula is C14H17FN6. The van der Waals surface area contributed by atoms with E-state index in [-0.39, 0.29) is 17.8 Å². The molecule has 6 nitrogen and oxygen atoms in total. The van der Waals surface area contributed by atoms with E-state index in [0.29, 0.717) is 5.82 Å². The number of fused-ring (bicyclic) bond motifs is 1. The van der Waals surface area contributed by atoms with E-state index in [9.17, 15) is 4.39 Å². The maximum Gasteiger partial charge on any atom is 0.185 e. The number of allylic oxidation sites excluding steroid dienone is 1. The number of nitrogens with one attached hydrogen (secondary N) is 1. The fourth-order valence-electron chi connectivity index (χ4n) is 2.34. The Kier molecular flexibility index (Phi) is 3.42. The smallest absolute Gasteiger partial charge is 0.185 e. The number of nitrogens with zero attached hydrogens (tertiary/aromatic N) is 4. The van der Waals surface area contributed by atoms with Gasteiger partial charge in [0.15, 0.2) is 17.5 Å². The second-order valence-electron chi connectivity index (χ2n) is 5.30. The van der Waals surface area contributed by atoms with E-state index in [1.807, 2.05) is 26.1 Å². The summed E-state index contributed by atoms with van der Waals surface area (Å²) >= 11 is 0. The number of aromatic nitrogens is 2. The van der Waals surface area contributed by atoms with Crippen LogP contribution in [0.25, 0.3) is 5.57 Å². The van der Waals surface area contributed by atoms with E-state index in [4.69, 9.17) is 5.84 Å². The highest BCUT2D eigenvalue weighted by Crippen LogP contribution is 2.31. The van der Waals surface area contributed by atoms with Crippen LogP contribution in [0.3, 0.4) is 0 Å². The molecule has 0 saturated heterocycles. The molecule has 7 heteroatoms. The highest BCUT2D eigenvalue weighted by atomic mass is 19.1. The van der Waals surface area contributed by atoms with Gasteiger partial charge in [0, 0.05) is 24.0 Å². The standard InChI is InChI=1S/C14H17FN6/c1-8(2)21(16)14-11(15)7-19-13(20-14)10-6-18-12-9(10)4-3-5-17-12/h3,5-9H,4,16H2,1-2H3,(H,17,18). The zero-order chi connectivity index (χ0) is 15.0. The molecule has 0 fully saturated rings. The summed E-state index contributed by atoms with van der Waals surface area (Å²) in [4.78, 5) is 12.7. The molecule has 0 saturated carbocycles. The normalized spacial score (nSPS) is 20.0. The average Bonchev–Trinajstić information content (AvgIpc) is 2.91. The zero-order valence-electron chi connectivity index (χ0n) is 11.9. The first-order chi connectivity index (χ1) is 10.1. The molecule has 3 N–H and O–H groups in total. The van der Waals surface area contributed by atoms with Gasteiger partial charge in [0.05, 0.1) is 12.1 Å². The van der Waals surface area contributed by atoms with Crippen molar-refractivity contribution in [3.8, 4) is 0 Å². The maximum atomic E-state index is 13.9. The summed E-state index contributed by atoms with van der Waals surface area (Å²) in [5.74, 6) is 6.89. The fourth-order valence-corrected chi connectivity index (χ4v) is 2.34. The SMILES string of the molecule is CC(C)N(N)c1nc(C2=CNC3=NC=CCC23)ncc1F. The zero-order valence-corrected chi connectivity index (χ0v) is 11.9. The third kappa shape index (κ3) is 2.40. The van der Waals surface area contributed by atoms with Gasteiger partial charge < -0.3 is 5.32 Å². The number of hydrogen-bond acceptors (Lipinski definition) is 6. The lowest BCUT2D eigenvalue weighted by molar-refractivity contribution is 0.587. The van der Waals surface area contributed by atoms with E-state index >= 15 is 0 Å². The molecule has 1 aromatic rings. The van der Waals surface area contributed by atoms with Crippen molar-refractivity contribution in [3.63, 3.8) is 0 Å². The monoisotopic (exact) mass is 288 g/mol. The molecule has 21 heavy (non-hydrogen) atoms. The van der Waals surface area contributed by atoms with Crippen molar-refractivity contribution in [1.82, 2.24) is 15.3 Å². The molecule has 110 valence electrons. The Hall–Kier alpha value is -2.28. The van der Waals surface area contributed by atoms with Gasteiger partial charge in [-0.2, -0.15) is 0 Å². The Labute approximate surface area is 122 Å². The minimum absolute atomic E-state index is 0.0623. The summed E-state index contributed by atoms with van der Waals surface area (Å²) in [5.41, 5.74) is 0.900. The van der Waals surface area contributed by atoms with Gasteiger partial charge >= 0.3 is 0 Å². The molecule has 0 spiro atoms. The third-order valence-corrected chi connectivity index (χ3v) is 3.56. The largest absolute Gasteiger partial charge is 0.349 e. The molecule has 2 aliphatic rings. The van der Waals surface area contributed by atoms with E-state index in [1.54, 1.807) is 6.20 Å². The molecule has 0 amide bonds. The van der Waals surface area contributed by atoms with Gasteiger partial charge in [0.25, 0.3) is 0 Å². The van der Waals surface area contributed by atoms with Crippen LogP contribution in [0.2, 0.25) is 0 Å². The summed E-state index contributed by atoms with van der Waals surface area (Å²) in [6, 6.07) is -0.0623. The van der Waals surface area contributed by atoms with Crippen molar-refractivity contribution in [3.05, 3.63) is 36.3 Å². The lowest BCUT2D eigenvalue weighted by atomic mass is 9.95. The summed E-state index contributed by atoms with van der Waals surface area (Å²) < 4.78 is 13.9. The number of aliphatic imine (C=N–C) groups is 1. The van der Waals surface area contributed by atoms with Crippen LogP contribution in [0.5, 0.6) is 0 Å². The lowest BCUT2D eigenvalue weighted by Crippen LogP contribution is -2.39. The van der Waals surface area contributed by atoms with Crippen LogP contribution in [0, 0.1) is 11.7 Å². The molecule has 1 unspecified atom stereocenters. The number of rotatable bonds is 3. The molecule has 3 heterocycles. The second-order valence-corrected chi connectivity index (χ2v) is 5.30. The van der Waals surface area contributed by atoms with Crippen molar-refractivity contribution in [2.75, 3.05) is 5.01 Å². The maximum absolute atomic E-state index is 13.9. The van der Waals surface area contributed by atoms with Gasteiger partial charge in [-0.3, -0.25) is 5.01 Å². The molecule has 0 aliphatic carbocycles. The van der Waals surface area contributed by atoms with Crippen molar-refractivity contribution in [2.45, 2.75) is 26.3 Å². The van der Waals surface area contributed by atoms with Gasteiger partial charge in [-0.05, 0) is 20.3 Å². The number of anilines is 1. The molecular weight excluding hydrogens is 271 g/mol. The minimum atomic E-state index is -0.529. The van der Waals surface area contributed by atoms with E-state index in [0.717, 1.165) is 24.0 Å². The fraction of sp³-hybridized carbons (Fsp3) is 0.357. The Bertz CT molecular complexity index is 649. The second kappa shape index (κ2) is 5.25. The lowest BCUT2D eigenvalue weighted by Gasteiger charge is -2.23. The van der Waals surface area contributed by atoms with Crippen LogP contribution in [0.15, 0.2) is 29.7 Å². The number of hydrogen-bond donors (Lipinski definition) is 2. The molecule has 1 atom stereocenters. The van der Waals surface area contributed by atoms with Crippen LogP contribution < -0.4 is 16.2 Å². The molecule has 0 radical (unpaired) electrons. The highest BCUT2D eigenvalue weighted by Gasteiger charge is 2.29. The van der Waals surface area contributed by atoms with Crippen molar-refractivity contribution >= 4 is 17.2 Å². The minimum Gasteiger partial charge on any atom is -0.349 e. The number of nitrogens with two attached hydrogens (primary N) is 1. The van der Waals surface area contributed by atoms with Crippen LogP contribution >= 0.6 is 0 Å². The van der Waals surface area contributed by atoms with Crippen LogP contribution in [0.4, 0.5) is 10.2 Å². The van der Waals surface area contributed by atoms with E-state index < -0.39 is 5.82 Å². The Morgan fingerprint density at radius 1 is 1.48 bits per heavy atom. The van der Waals surface area contributed by atoms with Crippen LogP contribution in [-0.4, -0.2) is 21.8 Å². The van der Waals surface area contributed by atoms with Crippen molar-refractivity contribution in [2.24, 2.45) is 16.8 Å². The van der Waals surface area contributed by atoms with E-state index in [1.165, 1.54) is 5.01 Å². The predicted molar refractivity (Wildman–Crippen MR) is 79.6 cm³/mol. The quantitative estimate of drug-likeness (QED) is 0.652. The Balaban J connectivity index is 1.95. The van der Waals surface area contributed by atoms with E-state index in [2.05, 4.69) is 20.3 Å². The van der Waals surface area contributed by atoms with Gasteiger partial charge in [0.2, 0.25) is 0 Å². The first-order valence-electron chi connectivity index (χ1n) is 6.84. The van der Waals surface area contributed by atoms with Crippen LogP contribution in [0.1, 0.15) is 26.1 Å². The molecule has 3 rings (SSSR count). The average molecular weight is 288 g/mol. The molecule has 0 bridgehead atoms. The van der Waals surface area contributed by atoms with Crippen molar-refractivity contribution < 1.29 is 4.39 Å². The van der Waals surface area contributed by atoms with Gasteiger partial charge in [-0.15, -0.1) is 0 Å². The molecule has 0 aromatic carbocycles. The predicted octanol–water partition coefficient (Wildman–Crippen LogP) is 1.58. The Morgan fingerprint density at radius 3 is 3.05 bits per heavy atom. The van der Waals surface area contributed by atoms with Gasteiger partial charge in [0.1, 0.15) is 5.84 Å². The van der Waals surface area contributed by atoms with Gasteiger partial charge in [-0.25, -0.2) is 25.2 Å². The molecule has 1 aromatic heterocycles. The Morgan fingerprint density at radius 2 is 2.29 bits per heavy atom. The first kappa shape index (κ1) is 13.7. The highest BCUT2D eigenvalue weighted by molar-refractivity contribution is 6.01. The topological polar surface area (TPSA) is 79.4 Å². The summed E-state index contributed by atoms with van der Waals surface area (Å²) in [6.07, 6.45) is 7.57. The summed E-state index contributed by atoms with van der Waals surface area (Å²) in [5, 5.41) is 4.42. The van der Waals surface area contributed by atoms with Gasteiger partial charge in [-0.1, -0.05) is 6.08 Å². The van der Waals surface area contributed by atoms with Crippen molar-refractivity contribution in [1.29, 1.82) is 0 Å². The van der Waals surface area contributed by atoms with Crippen LogP contribution in [-0.2, 0) is 0 Å². The number of amidine groups is 1. The summed E-state index contributed by atoms with van der Waals surface area (Å²) in [6.45, 7) is 3.74. The molecule has 2 aliphatic heterocycles.